The number of nitrogens with zero attached hydrogens (tertiary/aromatic N) is 5. The van der Waals surface area contributed by atoms with Gasteiger partial charge in [0.25, 0.3) is 0 Å². The fourth-order valence-corrected chi connectivity index (χ4v) is 4.40. The molecule has 10 nitrogen and oxygen atoms in total. The topological polar surface area (TPSA) is 101 Å². The van der Waals surface area contributed by atoms with E-state index in [4.69, 9.17) is 13.9 Å². The fraction of sp³-hybridized carbons (Fsp3) is 0.429. The first-order valence-electron chi connectivity index (χ1n) is 12.8. The molecule has 2 aromatic heterocycles. The van der Waals surface area contributed by atoms with E-state index in [1.807, 2.05) is 50.2 Å². The molecule has 1 fully saturated rings. The molecule has 3 aromatic rings. The summed E-state index contributed by atoms with van der Waals surface area (Å²) in [6, 6.07) is 13.0. The molecule has 0 saturated carbocycles. The van der Waals surface area contributed by atoms with E-state index < -0.39 is 0 Å². The number of hydrogen-bond donors (Lipinski definition) is 0. The molecule has 0 unspecified atom stereocenters. The summed E-state index contributed by atoms with van der Waals surface area (Å²) in [5.74, 6) is 2.86. The van der Waals surface area contributed by atoms with Gasteiger partial charge in [-0.2, -0.15) is 0 Å². The summed E-state index contributed by atoms with van der Waals surface area (Å²) in [4.78, 5) is 31.4. The van der Waals surface area contributed by atoms with Crippen molar-refractivity contribution in [1.29, 1.82) is 0 Å². The number of methoxy groups -OCH3 is 2. The highest BCUT2D eigenvalue weighted by Crippen LogP contribution is 2.32. The Kier molecular flexibility index (Phi) is 8.83. The Hall–Kier alpha value is -4.08. The number of piperazine rings is 1. The maximum Gasteiger partial charge on any atom is 0.242 e. The molecule has 1 aromatic carbocycles. The van der Waals surface area contributed by atoms with Gasteiger partial charge in [-0.05, 0) is 42.3 Å². The molecule has 0 bridgehead atoms. The van der Waals surface area contributed by atoms with E-state index in [9.17, 15) is 9.59 Å². The number of benzene rings is 1. The van der Waals surface area contributed by atoms with Crippen LogP contribution in [0.2, 0.25) is 0 Å². The minimum Gasteiger partial charge on any atom is -0.497 e. The van der Waals surface area contributed by atoms with Crippen LogP contribution in [0.25, 0.3) is 11.3 Å². The Morgan fingerprint density at radius 1 is 1.03 bits per heavy atom. The second-order valence-corrected chi connectivity index (χ2v) is 9.64. The van der Waals surface area contributed by atoms with E-state index in [-0.39, 0.29) is 30.8 Å². The number of rotatable bonds is 10. The van der Waals surface area contributed by atoms with E-state index in [1.165, 1.54) is 0 Å². The summed E-state index contributed by atoms with van der Waals surface area (Å²) in [5, 5.41) is 8.84. The Bertz CT molecular complexity index is 1200. The summed E-state index contributed by atoms with van der Waals surface area (Å²) in [6.07, 6.45) is 1.96. The van der Waals surface area contributed by atoms with Gasteiger partial charge in [0.2, 0.25) is 11.8 Å². The lowest BCUT2D eigenvalue weighted by Gasteiger charge is -2.36. The van der Waals surface area contributed by atoms with E-state index in [0.29, 0.717) is 55.6 Å². The highest BCUT2D eigenvalue weighted by atomic mass is 16.5. The number of aromatic nitrogens is 2. The van der Waals surface area contributed by atoms with Crippen molar-refractivity contribution >= 4 is 17.6 Å². The quantitative estimate of drug-likeness (QED) is 0.400. The van der Waals surface area contributed by atoms with Crippen LogP contribution in [0.15, 0.2) is 53.1 Å². The Labute approximate surface area is 223 Å². The molecule has 0 N–H and O–H groups in total. The van der Waals surface area contributed by atoms with Gasteiger partial charge in [-0.15, -0.1) is 10.2 Å². The van der Waals surface area contributed by atoms with Crippen molar-refractivity contribution in [2.24, 2.45) is 5.92 Å². The molecule has 4 rings (SSSR count). The van der Waals surface area contributed by atoms with Crippen LogP contribution in [0.3, 0.4) is 0 Å². The Balaban J connectivity index is 1.35. The first-order chi connectivity index (χ1) is 18.4. The third-order valence-electron chi connectivity index (χ3n) is 6.48. The van der Waals surface area contributed by atoms with Crippen LogP contribution in [0.5, 0.6) is 11.5 Å². The highest BCUT2D eigenvalue weighted by Gasteiger charge is 2.26. The average Bonchev–Trinajstić information content (AvgIpc) is 3.45. The third kappa shape index (κ3) is 6.62. The van der Waals surface area contributed by atoms with Crippen LogP contribution in [-0.4, -0.2) is 78.8 Å². The van der Waals surface area contributed by atoms with E-state index >= 15 is 0 Å². The molecule has 1 aliphatic heterocycles. The molecule has 0 atom stereocenters. The van der Waals surface area contributed by atoms with Crippen LogP contribution in [0.4, 0.5) is 5.82 Å². The van der Waals surface area contributed by atoms with Gasteiger partial charge in [-0.3, -0.25) is 9.59 Å². The summed E-state index contributed by atoms with van der Waals surface area (Å²) in [5.41, 5.74) is 1.53. The number of amides is 2. The molecule has 3 heterocycles. The number of furan rings is 1. The largest absolute Gasteiger partial charge is 0.497 e. The number of hydrogen-bond acceptors (Lipinski definition) is 8. The molecule has 2 amide bonds. The number of anilines is 1. The van der Waals surface area contributed by atoms with Gasteiger partial charge in [0.1, 0.15) is 23.8 Å². The second kappa shape index (κ2) is 12.4. The normalized spacial score (nSPS) is 13.5. The molecule has 0 aliphatic carbocycles. The average molecular weight is 522 g/mol. The fourth-order valence-electron chi connectivity index (χ4n) is 4.40. The predicted octanol–water partition coefficient (Wildman–Crippen LogP) is 3.48. The van der Waals surface area contributed by atoms with Gasteiger partial charge < -0.3 is 28.6 Å². The number of carbonyl (C=O) groups excluding carboxylic acids is 2. The minimum absolute atomic E-state index is 0.0322. The summed E-state index contributed by atoms with van der Waals surface area (Å²) in [7, 11) is 3.22. The molecule has 0 radical (unpaired) electrons. The van der Waals surface area contributed by atoms with Gasteiger partial charge >= 0.3 is 0 Å². The molecular weight excluding hydrogens is 486 g/mol. The summed E-state index contributed by atoms with van der Waals surface area (Å²) in [6.45, 7) is 6.64. The van der Waals surface area contributed by atoms with Crippen molar-refractivity contribution in [3.05, 3.63) is 54.5 Å². The molecule has 1 aliphatic rings. The molecule has 0 spiro atoms. The standard InChI is InChI=1S/C28H35N5O5/c1-20(2)16-27(34)33(18-22-6-5-15-38-22)19-28(35)32-13-11-31(12-14-32)26-10-9-24(29-30-26)23-8-7-21(36-3)17-25(23)37-4/h5-10,15,17,20H,11-14,16,18-19H2,1-4H3. The van der Waals surface area contributed by atoms with Crippen LogP contribution >= 0.6 is 0 Å². The highest BCUT2D eigenvalue weighted by molar-refractivity contribution is 5.85. The van der Waals surface area contributed by atoms with Crippen LogP contribution in [0, 0.1) is 5.92 Å². The van der Waals surface area contributed by atoms with Crippen molar-refractivity contribution in [3.8, 4) is 22.8 Å². The summed E-state index contributed by atoms with van der Waals surface area (Å²) >= 11 is 0. The number of carbonyl (C=O) groups is 2. The van der Waals surface area contributed by atoms with Crippen molar-refractivity contribution in [2.75, 3.05) is 51.8 Å². The van der Waals surface area contributed by atoms with E-state index in [1.54, 1.807) is 36.3 Å². The van der Waals surface area contributed by atoms with Gasteiger partial charge in [-0.25, -0.2) is 0 Å². The van der Waals surface area contributed by atoms with E-state index in [0.717, 1.165) is 11.4 Å². The minimum atomic E-state index is -0.0682. The molecule has 38 heavy (non-hydrogen) atoms. The first-order valence-corrected chi connectivity index (χ1v) is 12.8. The van der Waals surface area contributed by atoms with Crippen LogP contribution in [0.1, 0.15) is 26.0 Å². The lowest BCUT2D eigenvalue weighted by atomic mass is 10.1. The molecule has 202 valence electrons. The third-order valence-corrected chi connectivity index (χ3v) is 6.48. The number of ether oxygens (including phenoxy) is 2. The smallest absolute Gasteiger partial charge is 0.242 e. The lowest BCUT2D eigenvalue weighted by molar-refractivity contribution is -0.141. The monoisotopic (exact) mass is 521 g/mol. The Morgan fingerprint density at radius 3 is 2.42 bits per heavy atom. The van der Waals surface area contributed by atoms with Crippen molar-refractivity contribution in [2.45, 2.75) is 26.8 Å². The van der Waals surface area contributed by atoms with Gasteiger partial charge in [0.05, 0.1) is 32.7 Å². The van der Waals surface area contributed by atoms with Crippen molar-refractivity contribution in [1.82, 2.24) is 20.0 Å². The van der Waals surface area contributed by atoms with E-state index in [2.05, 4.69) is 15.1 Å². The van der Waals surface area contributed by atoms with Crippen LogP contribution < -0.4 is 14.4 Å². The molecule has 1 saturated heterocycles. The second-order valence-electron chi connectivity index (χ2n) is 9.64. The first kappa shape index (κ1) is 27.0. The molecule has 10 heteroatoms. The maximum absolute atomic E-state index is 13.1. The zero-order valence-corrected chi connectivity index (χ0v) is 22.4. The zero-order chi connectivity index (χ0) is 27.1. The molecular formula is C28H35N5O5. The van der Waals surface area contributed by atoms with Crippen molar-refractivity contribution < 1.29 is 23.5 Å². The maximum atomic E-state index is 13.1. The summed E-state index contributed by atoms with van der Waals surface area (Å²) < 4.78 is 16.2. The van der Waals surface area contributed by atoms with Crippen molar-refractivity contribution in [3.63, 3.8) is 0 Å². The van der Waals surface area contributed by atoms with Gasteiger partial charge in [-0.1, -0.05) is 13.8 Å². The predicted molar refractivity (Wildman–Crippen MR) is 143 cm³/mol. The SMILES string of the molecule is COc1ccc(-c2ccc(N3CCN(C(=O)CN(Cc4ccco4)C(=O)CC(C)C)CC3)nn2)c(OC)c1. The van der Waals surface area contributed by atoms with Gasteiger partial charge in [0, 0.05) is 44.2 Å². The van der Waals surface area contributed by atoms with Crippen LogP contribution in [-0.2, 0) is 16.1 Å². The van der Waals surface area contributed by atoms with Gasteiger partial charge in [0.15, 0.2) is 5.82 Å². The lowest BCUT2D eigenvalue weighted by Crippen LogP contribution is -2.52. The Morgan fingerprint density at radius 2 is 1.82 bits per heavy atom. The zero-order valence-electron chi connectivity index (χ0n) is 22.4.